The van der Waals surface area contributed by atoms with Crippen LogP contribution in [0.4, 0.5) is 0 Å². The van der Waals surface area contributed by atoms with E-state index in [1.807, 2.05) is 59.6 Å². The van der Waals surface area contributed by atoms with Crippen LogP contribution in [0.5, 0.6) is 0 Å². The van der Waals surface area contributed by atoms with Gasteiger partial charge in [0.2, 0.25) is 4.77 Å². The third kappa shape index (κ3) is 3.09. The molecule has 4 aromatic rings. The summed E-state index contributed by atoms with van der Waals surface area (Å²) < 4.78 is 3.91. The summed E-state index contributed by atoms with van der Waals surface area (Å²) in [7, 11) is 0. The minimum Gasteiger partial charge on any atom is -0.250 e. The first-order valence-electron chi connectivity index (χ1n) is 7.60. The van der Waals surface area contributed by atoms with Crippen LogP contribution in [0.25, 0.3) is 16.3 Å². The van der Waals surface area contributed by atoms with Crippen LogP contribution in [-0.2, 0) is 0 Å². The average molecular weight is 366 g/mol. The molecule has 0 aliphatic heterocycles. The Bertz CT molecular complexity index is 1070. The number of aromatic nitrogens is 5. The predicted molar refractivity (Wildman–Crippen MR) is 102 cm³/mol. The van der Waals surface area contributed by atoms with E-state index in [-0.39, 0.29) is 0 Å². The third-order valence-electron chi connectivity index (χ3n) is 3.64. The summed E-state index contributed by atoms with van der Waals surface area (Å²) in [5.41, 5.74) is 2.79. The fourth-order valence-electron chi connectivity index (χ4n) is 2.43. The van der Waals surface area contributed by atoms with Gasteiger partial charge < -0.3 is 0 Å². The Morgan fingerprint density at radius 2 is 2.04 bits per heavy atom. The van der Waals surface area contributed by atoms with E-state index >= 15 is 0 Å². The summed E-state index contributed by atoms with van der Waals surface area (Å²) in [5, 5.41) is 18.0. The first-order chi connectivity index (χ1) is 12.2. The molecule has 0 atom stereocenters. The summed E-state index contributed by atoms with van der Waals surface area (Å²) >= 11 is 6.84. The average Bonchev–Trinajstić information content (AvgIpc) is 3.35. The maximum absolute atomic E-state index is 5.19. The van der Waals surface area contributed by atoms with Gasteiger partial charge in [-0.15, -0.1) is 11.3 Å². The normalized spacial score (nSPS) is 11.4. The maximum Gasteiger partial charge on any atom is 0.216 e. The number of hydrogen-bond donors (Lipinski definition) is 1. The number of nitrogens with one attached hydrogen (secondary N) is 1. The molecule has 1 aromatic carbocycles. The quantitative estimate of drug-likeness (QED) is 0.438. The Kier molecular flexibility index (Phi) is 4.12. The minimum atomic E-state index is 0.460. The summed E-state index contributed by atoms with van der Waals surface area (Å²) in [6.45, 7) is 1.84. The van der Waals surface area contributed by atoms with Gasteiger partial charge in [-0.3, -0.25) is 5.10 Å². The number of benzene rings is 1. The lowest BCUT2D eigenvalue weighted by molar-refractivity contribution is 0.821. The van der Waals surface area contributed by atoms with Gasteiger partial charge in [0.15, 0.2) is 0 Å². The molecule has 124 valence electrons. The second-order valence-electron chi connectivity index (χ2n) is 5.32. The van der Waals surface area contributed by atoms with Crippen LogP contribution >= 0.6 is 23.6 Å². The highest BCUT2D eigenvalue weighted by Crippen LogP contribution is 2.26. The zero-order chi connectivity index (χ0) is 17.2. The van der Waals surface area contributed by atoms with Crippen molar-refractivity contribution < 1.29 is 0 Å². The lowest BCUT2D eigenvalue weighted by Crippen LogP contribution is -1.94. The van der Waals surface area contributed by atoms with Gasteiger partial charge in [0.1, 0.15) is 11.5 Å². The number of aryl methyl sites for hydroxylation is 1. The number of H-pyrrole nitrogens is 1. The number of rotatable bonds is 4. The van der Waals surface area contributed by atoms with Crippen LogP contribution in [-0.4, -0.2) is 30.9 Å². The molecule has 0 amide bonds. The smallest absolute Gasteiger partial charge is 0.216 e. The molecule has 6 nitrogen and oxygen atoms in total. The van der Waals surface area contributed by atoms with Crippen molar-refractivity contribution >= 4 is 29.8 Å². The summed E-state index contributed by atoms with van der Waals surface area (Å²) in [6.07, 6.45) is 3.73. The summed E-state index contributed by atoms with van der Waals surface area (Å²) in [6, 6.07) is 14.1. The number of aromatic amines is 1. The van der Waals surface area contributed by atoms with Gasteiger partial charge >= 0.3 is 0 Å². The van der Waals surface area contributed by atoms with Crippen molar-refractivity contribution in [1.29, 1.82) is 0 Å². The Morgan fingerprint density at radius 3 is 2.72 bits per heavy atom. The maximum atomic E-state index is 5.19. The summed E-state index contributed by atoms with van der Waals surface area (Å²) in [4.78, 5) is 1.09. The molecule has 0 spiro atoms. The second-order valence-corrected chi connectivity index (χ2v) is 6.66. The predicted octanol–water partition coefficient (Wildman–Crippen LogP) is 4.05. The lowest BCUT2D eigenvalue weighted by Gasteiger charge is -1.98. The van der Waals surface area contributed by atoms with E-state index < -0.39 is 0 Å². The Morgan fingerprint density at radius 1 is 1.20 bits per heavy atom. The molecule has 0 bridgehead atoms. The van der Waals surface area contributed by atoms with Crippen LogP contribution in [0.15, 0.2) is 59.1 Å². The van der Waals surface area contributed by atoms with Crippen LogP contribution in [0, 0.1) is 11.7 Å². The van der Waals surface area contributed by atoms with Gasteiger partial charge in [-0.05, 0) is 42.7 Å². The van der Waals surface area contributed by atoms with Crippen LogP contribution in [0.2, 0.25) is 0 Å². The van der Waals surface area contributed by atoms with E-state index in [1.165, 1.54) is 0 Å². The van der Waals surface area contributed by atoms with Crippen molar-refractivity contribution in [2.75, 3.05) is 0 Å². The topological polar surface area (TPSA) is 63.8 Å². The van der Waals surface area contributed by atoms with E-state index in [9.17, 15) is 0 Å². The first kappa shape index (κ1) is 15.7. The van der Waals surface area contributed by atoms with E-state index in [2.05, 4.69) is 21.4 Å². The van der Waals surface area contributed by atoms with Crippen LogP contribution in [0.3, 0.4) is 0 Å². The Labute approximate surface area is 153 Å². The minimum absolute atomic E-state index is 0.460. The summed E-state index contributed by atoms with van der Waals surface area (Å²) in [5.74, 6) is 0.703. The molecule has 0 radical (unpaired) electrons. The molecular weight excluding hydrogens is 352 g/mol. The molecule has 1 N–H and O–H groups in total. The second kappa shape index (κ2) is 6.58. The molecule has 0 saturated heterocycles. The highest BCUT2D eigenvalue weighted by molar-refractivity contribution is 7.71. The van der Waals surface area contributed by atoms with Gasteiger partial charge in [0.05, 0.1) is 16.8 Å². The molecule has 25 heavy (non-hydrogen) atoms. The van der Waals surface area contributed by atoms with E-state index in [4.69, 9.17) is 17.3 Å². The van der Waals surface area contributed by atoms with Crippen LogP contribution in [0.1, 0.15) is 11.4 Å². The molecule has 0 fully saturated rings. The standard InChI is InChI=1S/C17H14N6S2/c1-12-19-20-17(24)23(12)18-10-13-11-22(14-6-3-2-4-7-14)21-16(13)15-8-5-9-25-15/h2-11H,1H3,(H,20,24)/b18-10-. The highest BCUT2D eigenvalue weighted by Gasteiger charge is 2.12. The molecule has 0 aliphatic rings. The zero-order valence-corrected chi connectivity index (χ0v) is 15.0. The van der Waals surface area contributed by atoms with Crippen molar-refractivity contribution in [1.82, 2.24) is 24.7 Å². The van der Waals surface area contributed by atoms with E-state index in [0.29, 0.717) is 10.6 Å². The molecule has 0 unspecified atom stereocenters. The van der Waals surface area contributed by atoms with E-state index in [0.717, 1.165) is 21.8 Å². The SMILES string of the molecule is Cc1n[nH]c(=S)n1/N=C\c1cn(-c2ccccc2)nc1-c1cccs1. The van der Waals surface area contributed by atoms with Crippen molar-refractivity contribution in [3.05, 3.63) is 70.2 Å². The molecule has 0 aliphatic carbocycles. The Balaban J connectivity index is 1.81. The van der Waals surface area contributed by atoms with Gasteiger partial charge in [0, 0.05) is 11.8 Å². The van der Waals surface area contributed by atoms with Gasteiger partial charge in [0.25, 0.3) is 0 Å². The fourth-order valence-corrected chi connectivity index (χ4v) is 3.38. The van der Waals surface area contributed by atoms with Gasteiger partial charge in [-0.1, -0.05) is 24.3 Å². The Hall–Kier alpha value is -2.84. The first-order valence-corrected chi connectivity index (χ1v) is 8.88. The third-order valence-corrected chi connectivity index (χ3v) is 4.78. The van der Waals surface area contributed by atoms with Crippen molar-refractivity contribution in [3.8, 4) is 16.3 Å². The molecule has 3 heterocycles. The number of thiophene rings is 1. The number of para-hydroxylation sites is 1. The molecule has 0 saturated carbocycles. The monoisotopic (exact) mass is 366 g/mol. The number of hydrogen-bond acceptors (Lipinski definition) is 5. The van der Waals surface area contributed by atoms with Gasteiger partial charge in [-0.25, -0.2) is 4.68 Å². The largest absolute Gasteiger partial charge is 0.250 e. The van der Waals surface area contributed by atoms with Crippen molar-refractivity contribution in [3.63, 3.8) is 0 Å². The molecular formula is C17H14N6S2. The zero-order valence-electron chi connectivity index (χ0n) is 13.3. The fraction of sp³-hybridized carbons (Fsp3) is 0.0588. The van der Waals surface area contributed by atoms with E-state index in [1.54, 1.807) is 22.2 Å². The van der Waals surface area contributed by atoms with Crippen LogP contribution < -0.4 is 0 Å². The molecule has 8 heteroatoms. The van der Waals surface area contributed by atoms with Crippen molar-refractivity contribution in [2.24, 2.45) is 5.10 Å². The molecule has 3 aromatic heterocycles. The van der Waals surface area contributed by atoms with Crippen molar-refractivity contribution in [2.45, 2.75) is 6.92 Å². The van der Waals surface area contributed by atoms with Gasteiger partial charge in [-0.2, -0.15) is 20.0 Å². The highest BCUT2D eigenvalue weighted by atomic mass is 32.1. The molecule has 4 rings (SSSR count). The number of nitrogens with zero attached hydrogens (tertiary/aromatic N) is 5. The lowest BCUT2D eigenvalue weighted by atomic mass is 10.2.